The molecule has 0 atom stereocenters. The van der Waals surface area contributed by atoms with E-state index in [2.05, 4.69) is 41.6 Å². The van der Waals surface area contributed by atoms with Gasteiger partial charge in [0.15, 0.2) is 0 Å². The Morgan fingerprint density at radius 2 is 1.28 bits per heavy atom. The first-order valence-electron chi connectivity index (χ1n) is 8.02. The molecule has 0 heterocycles. The predicted octanol–water partition coefficient (Wildman–Crippen LogP) is 5.62. The summed E-state index contributed by atoms with van der Waals surface area (Å²) < 4.78 is 0. The molecule has 0 aromatic heterocycles. The van der Waals surface area contributed by atoms with Crippen LogP contribution in [0, 0.1) is 0 Å². The van der Waals surface area contributed by atoms with Crippen molar-refractivity contribution in [2.45, 2.75) is 84.6 Å². The Kier molecular flexibility index (Phi) is 14.2. The lowest BCUT2D eigenvalue weighted by molar-refractivity contribution is 0.218. The first-order chi connectivity index (χ1) is 8.72. The fourth-order valence-corrected chi connectivity index (χ4v) is 2.59. The van der Waals surface area contributed by atoms with Gasteiger partial charge in [-0.15, -0.1) is 0 Å². The van der Waals surface area contributed by atoms with E-state index in [0.29, 0.717) is 6.04 Å². The van der Waals surface area contributed by atoms with Crippen LogP contribution < -0.4 is 0 Å². The summed E-state index contributed by atoms with van der Waals surface area (Å²) in [5.74, 6) is 0. The molecule has 0 rings (SSSR count). The van der Waals surface area contributed by atoms with Crippen molar-refractivity contribution in [2.24, 2.45) is 0 Å². The van der Waals surface area contributed by atoms with E-state index in [4.69, 9.17) is 0 Å². The van der Waals surface area contributed by atoms with E-state index < -0.39 is 0 Å². The Hall–Kier alpha value is 0.440. The third kappa shape index (κ3) is 11.5. The summed E-state index contributed by atoms with van der Waals surface area (Å²) in [6.07, 6.45) is 12.6. The highest BCUT2D eigenvalue weighted by atomic mass is 79.9. The SMILES string of the molecule is CCCCCCCCCCN(CCCBr)C(C)C. The maximum Gasteiger partial charge on any atom is 0.00434 e. The van der Waals surface area contributed by atoms with Crippen LogP contribution in [0.15, 0.2) is 0 Å². The molecule has 0 aromatic rings. The van der Waals surface area contributed by atoms with Gasteiger partial charge < -0.3 is 4.90 Å². The van der Waals surface area contributed by atoms with E-state index in [-0.39, 0.29) is 0 Å². The van der Waals surface area contributed by atoms with Crippen LogP contribution >= 0.6 is 15.9 Å². The number of nitrogens with zero attached hydrogens (tertiary/aromatic N) is 1. The van der Waals surface area contributed by atoms with E-state index in [1.165, 1.54) is 70.9 Å². The molecule has 0 aliphatic heterocycles. The van der Waals surface area contributed by atoms with Crippen LogP contribution in [0.4, 0.5) is 0 Å². The lowest BCUT2D eigenvalue weighted by Gasteiger charge is -2.26. The lowest BCUT2D eigenvalue weighted by Crippen LogP contribution is -2.32. The lowest BCUT2D eigenvalue weighted by atomic mass is 10.1. The van der Waals surface area contributed by atoms with Gasteiger partial charge in [0.05, 0.1) is 0 Å². The quantitative estimate of drug-likeness (QED) is 0.314. The summed E-state index contributed by atoms with van der Waals surface area (Å²) in [6, 6.07) is 0.702. The minimum atomic E-state index is 0.702. The third-order valence-corrected chi connectivity index (χ3v) is 4.17. The second kappa shape index (κ2) is 13.9. The normalized spacial score (nSPS) is 11.7. The van der Waals surface area contributed by atoms with Gasteiger partial charge in [-0.25, -0.2) is 0 Å². The summed E-state index contributed by atoms with van der Waals surface area (Å²) in [7, 11) is 0. The highest BCUT2D eigenvalue weighted by Gasteiger charge is 2.07. The molecule has 110 valence electrons. The molecule has 0 N–H and O–H groups in total. The molecule has 18 heavy (non-hydrogen) atoms. The zero-order valence-electron chi connectivity index (χ0n) is 12.9. The van der Waals surface area contributed by atoms with Crippen molar-refractivity contribution in [1.82, 2.24) is 4.90 Å². The number of rotatable bonds is 13. The Bertz CT molecular complexity index is 159. The average Bonchev–Trinajstić information content (AvgIpc) is 2.35. The second-order valence-corrected chi connectivity index (χ2v) is 6.44. The molecular formula is C16H34BrN. The van der Waals surface area contributed by atoms with Crippen molar-refractivity contribution in [3.63, 3.8) is 0 Å². The Balaban J connectivity index is 3.37. The fraction of sp³-hybridized carbons (Fsp3) is 1.00. The Morgan fingerprint density at radius 1 is 0.778 bits per heavy atom. The monoisotopic (exact) mass is 319 g/mol. The van der Waals surface area contributed by atoms with Gasteiger partial charge in [0, 0.05) is 11.4 Å². The number of hydrogen-bond donors (Lipinski definition) is 0. The molecule has 0 saturated carbocycles. The molecule has 0 unspecified atom stereocenters. The number of halogens is 1. The Labute approximate surface area is 124 Å². The molecule has 0 amide bonds. The molecule has 2 heteroatoms. The van der Waals surface area contributed by atoms with Crippen LogP contribution in [0.2, 0.25) is 0 Å². The number of hydrogen-bond acceptors (Lipinski definition) is 1. The summed E-state index contributed by atoms with van der Waals surface area (Å²) in [5, 5.41) is 1.13. The van der Waals surface area contributed by atoms with Crippen LogP contribution in [-0.4, -0.2) is 29.4 Å². The third-order valence-electron chi connectivity index (χ3n) is 3.61. The number of alkyl halides is 1. The zero-order valence-corrected chi connectivity index (χ0v) is 14.5. The van der Waals surface area contributed by atoms with Crippen molar-refractivity contribution < 1.29 is 0 Å². The number of unbranched alkanes of at least 4 members (excludes halogenated alkanes) is 7. The van der Waals surface area contributed by atoms with Gasteiger partial charge in [-0.05, 0) is 39.8 Å². The van der Waals surface area contributed by atoms with Crippen molar-refractivity contribution in [1.29, 1.82) is 0 Å². The van der Waals surface area contributed by atoms with Crippen molar-refractivity contribution in [3.8, 4) is 0 Å². The van der Waals surface area contributed by atoms with E-state index in [1.807, 2.05) is 0 Å². The van der Waals surface area contributed by atoms with Gasteiger partial charge in [-0.3, -0.25) is 0 Å². The first-order valence-corrected chi connectivity index (χ1v) is 9.14. The van der Waals surface area contributed by atoms with Gasteiger partial charge in [0.25, 0.3) is 0 Å². The van der Waals surface area contributed by atoms with Crippen molar-refractivity contribution in [3.05, 3.63) is 0 Å². The summed E-state index contributed by atoms with van der Waals surface area (Å²) >= 11 is 3.52. The van der Waals surface area contributed by atoms with Gasteiger partial charge in [-0.1, -0.05) is 67.8 Å². The Morgan fingerprint density at radius 3 is 1.78 bits per heavy atom. The van der Waals surface area contributed by atoms with Gasteiger partial charge in [0.2, 0.25) is 0 Å². The van der Waals surface area contributed by atoms with Gasteiger partial charge in [-0.2, -0.15) is 0 Å². The molecule has 0 bridgehead atoms. The van der Waals surface area contributed by atoms with Crippen molar-refractivity contribution >= 4 is 15.9 Å². The van der Waals surface area contributed by atoms with E-state index >= 15 is 0 Å². The topological polar surface area (TPSA) is 3.24 Å². The smallest absolute Gasteiger partial charge is 0.00434 e. The summed E-state index contributed by atoms with van der Waals surface area (Å²) in [6.45, 7) is 9.46. The maximum atomic E-state index is 3.52. The second-order valence-electron chi connectivity index (χ2n) is 5.65. The standard InChI is InChI=1S/C16H34BrN/c1-4-5-6-7-8-9-10-11-14-18(16(2)3)15-12-13-17/h16H,4-15H2,1-3H3. The largest absolute Gasteiger partial charge is 0.301 e. The fourth-order valence-electron chi connectivity index (χ4n) is 2.34. The van der Waals surface area contributed by atoms with Crippen LogP contribution in [0.25, 0.3) is 0 Å². The molecule has 0 spiro atoms. The highest BCUT2D eigenvalue weighted by Crippen LogP contribution is 2.10. The first kappa shape index (κ1) is 18.4. The van der Waals surface area contributed by atoms with Crippen LogP contribution in [0.3, 0.4) is 0 Å². The van der Waals surface area contributed by atoms with E-state index in [1.54, 1.807) is 0 Å². The van der Waals surface area contributed by atoms with Crippen molar-refractivity contribution in [2.75, 3.05) is 18.4 Å². The molecule has 0 radical (unpaired) electrons. The molecule has 0 aliphatic carbocycles. The molecule has 0 saturated heterocycles. The maximum absolute atomic E-state index is 3.52. The summed E-state index contributed by atoms with van der Waals surface area (Å²) in [4.78, 5) is 2.62. The molecule has 0 fully saturated rings. The predicted molar refractivity (Wildman–Crippen MR) is 87.7 cm³/mol. The molecule has 0 aromatic carbocycles. The minimum absolute atomic E-state index is 0.702. The van der Waals surface area contributed by atoms with Gasteiger partial charge in [0.1, 0.15) is 0 Å². The molecular weight excluding hydrogens is 286 g/mol. The zero-order chi connectivity index (χ0) is 13.6. The van der Waals surface area contributed by atoms with Crippen LogP contribution in [-0.2, 0) is 0 Å². The van der Waals surface area contributed by atoms with E-state index in [9.17, 15) is 0 Å². The minimum Gasteiger partial charge on any atom is -0.301 e. The molecule has 1 nitrogen and oxygen atoms in total. The van der Waals surface area contributed by atoms with Gasteiger partial charge >= 0.3 is 0 Å². The van der Waals surface area contributed by atoms with Crippen LogP contribution in [0.5, 0.6) is 0 Å². The van der Waals surface area contributed by atoms with E-state index in [0.717, 1.165) is 5.33 Å². The highest BCUT2D eigenvalue weighted by molar-refractivity contribution is 9.09. The van der Waals surface area contributed by atoms with Crippen LogP contribution in [0.1, 0.15) is 78.6 Å². The average molecular weight is 320 g/mol. The summed E-state index contributed by atoms with van der Waals surface area (Å²) in [5.41, 5.74) is 0. The molecule has 0 aliphatic rings.